The molecule has 1 aliphatic heterocycles. The van der Waals surface area contributed by atoms with E-state index in [9.17, 15) is 4.21 Å². The third-order valence-electron chi connectivity index (χ3n) is 1.29. The van der Waals surface area contributed by atoms with E-state index in [1.165, 1.54) is 0 Å². The highest BCUT2D eigenvalue weighted by Gasteiger charge is 2.24. The predicted octanol–water partition coefficient (Wildman–Crippen LogP) is -0.220. The van der Waals surface area contributed by atoms with Crippen molar-refractivity contribution in [1.29, 1.82) is 0 Å². The van der Waals surface area contributed by atoms with E-state index in [1.807, 2.05) is 0 Å². The van der Waals surface area contributed by atoms with Crippen LogP contribution < -0.4 is 0 Å². The van der Waals surface area contributed by atoms with Gasteiger partial charge in [0, 0.05) is 23.7 Å². The van der Waals surface area contributed by atoms with Gasteiger partial charge in [-0.25, -0.2) is 0 Å². The molecular formula is C6H12O3S. The highest BCUT2D eigenvalue weighted by molar-refractivity contribution is 7.85. The molecular weight excluding hydrogens is 152 g/mol. The lowest BCUT2D eigenvalue weighted by Crippen LogP contribution is -2.11. The van der Waals surface area contributed by atoms with Crippen LogP contribution in [0.1, 0.15) is 0 Å². The van der Waals surface area contributed by atoms with E-state index >= 15 is 0 Å². The predicted molar refractivity (Wildman–Crippen MR) is 39.5 cm³/mol. The number of epoxide rings is 1. The number of rotatable bonds is 5. The molecule has 0 radical (unpaired) electrons. The third kappa shape index (κ3) is 3.29. The summed E-state index contributed by atoms with van der Waals surface area (Å²) in [7, 11) is 0.878. The zero-order valence-electron chi connectivity index (χ0n) is 6.04. The first-order valence-electron chi connectivity index (χ1n) is 3.28. The van der Waals surface area contributed by atoms with Gasteiger partial charge in [0.15, 0.2) is 0 Å². The average Bonchev–Trinajstić information content (AvgIpc) is 2.67. The van der Waals surface area contributed by atoms with Crippen LogP contribution in [0.4, 0.5) is 0 Å². The van der Waals surface area contributed by atoms with Crippen LogP contribution in [-0.2, 0) is 20.3 Å². The van der Waals surface area contributed by atoms with Gasteiger partial charge in [-0.05, 0) is 0 Å². The zero-order valence-corrected chi connectivity index (χ0v) is 6.86. The second-order valence-electron chi connectivity index (χ2n) is 2.26. The fourth-order valence-electron chi connectivity index (χ4n) is 0.631. The standard InChI is InChI=1S/C6H12O3S/c1-8-2-3-10(7)5-6-4-9-6/h6H,2-5H2,1H3. The van der Waals surface area contributed by atoms with Crippen LogP contribution in [0, 0.1) is 0 Å². The summed E-state index contributed by atoms with van der Waals surface area (Å²) in [5.41, 5.74) is 0. The molecule has 0 aromatic heterocycles. The van der Waals surface area contributed by atoms with E-state index in [4.69, 9.17) is 9.47 Å². The molecule has 1 rings (SSSR count). The molecule has 0 aromatic carbocycles. The fraction of sp³-hybridized carbons (Fsp3) is 1.00. The van der Waals surface area contributed by atoms with Gasteiger partial charge in [0.25, 0.3) is 0 Å². The van der Waals surface area contributed by atoms with E-state index in [0.29, 0.717) is 18.1 Å². The summed E-state index contributed by atoms with van der Waals surface area (Å²) in [6, 6.07) is 0. The van der Waals surface area contributed by atoms with Crippen molar-refractivity contribution in [2.24, 2.45) is 0 Å². The molecule has 2 atom stereocenters. The Morgan fingerprint density at radius 2 is 2.50 bits per heavy atom. The summed E-state index contributed by atoms with van der Waals surface area (Å²) in [6.45, 7) is 1.37. The summed E-state index contributed by atoms with van der Waals surface area (Å²) in [4.78, 5) is 0. The lowest BCUT2D eigenvalue weighted by molar-refractivity contribution is 0.218. The van der Waals surface area contributed by atoms with Crippen LogP contribution in [0.15, 0.2) is 0 Å². The Hall–Kier alpha value is 0.0700. The molecule has 0 saturated carbocycles. The minimum absolute atomic E-state index is 0.276. The van der Waals surface area contributed by atoms with Gasteiger partial charge < -0.3 is 9.47 Å². The molecule has 0 aromatic rings. The maximum atomic E-state index is 11.0. The van der Waals surface area contributed by atoms with Crippen LogP contribution in [0.2, 0.25) is 0 Å². The van der Waals surface area contributed by atoms with Gasteiger partial charge in [-0.2, -0.15) is 0 Å². The van der Waals surface area contributed by atoms with Crippen molar-refractivity contribution >= 4 is 10.8 Å². The van der Waals surface area contributed by atoms with Crippen molar-refractivity contribution in [3.63, 3.8) is 0 Å². The van der Waals surface area contributed by atoms with Crippen molar-refractivity contribution in [3.8, 4) is 0 Å². The fourth-order valence-corrected chi connectivity index (χ4v) is 1.76. The number of ether oxygens (including phenoxy) is 2. The molecule has 3 nitrogen and oxygen atoms in total. The Kier molecular flexibility index (Phi) is 3.31. The molecule has 60 valence electrons. The van der Waals surface area contributed by atoms with Crippen molar-refractivity contribution in [2.75, 3.05) is 31.8 Å². The molecule has 10 heavy (non-hydrogen) atoms. The molecule has 0 spiro atoms. The molecule has 2 unspecified atom stereocenters. The smallest absolute Gasteiger partial charge is 0.0924 e. The SMILES string of the molecule is COCCS(=O)CC1CO1. The van der Waals surface area contributed by atoms with Gasteiger partial charge in [-0.15, -0.1) is 0 Å². The van der Waals surface area contributed by atoms with Gasteiger partial charge in [-0.3, -0.25) is 4.21 Å². The molecule has 4 heteroatoms. The van der Waals surface area contributed by atoms with Gasteiger partial charge >= 0.3 is 0 Å². The van der Waals surface area contributed by atoms with Gasteiger partial charge in [-0.1, -0.05) is 0 Å². The second-order valence-corrected chi connectivity index (χ2v) is 3.88. The number of hydrogen-bond donors (Lipinski definition) is 0. The van der Waals surface area contributed by atoms with Gasteiger partial charge in [0.1, 0.15) is 0 Å². The molecule has 0 N–H and O–H groups in total. The van der Waals surface area contributed by atoms with E-state index in [-0.39, 0.29) is 6.10 Å². The number of hydrogen-bond acceptors (Lipinski definition) is 3. The normalized spacial score (nSPS) is 26.3. The first-order valence-corrected chi connectivity index (χ1v) is 4.77. The third-order valence-corrected chi connectivity index (χ3v) is 2.65. The minimum atomic E-state index is -0.738. The van der Waals surface area contributed by atoms with E-state index in [1.54, 1.807) is 7.11 Å². The summed E-state index contributed by atoms with van der Waals surface area (Å²) in [5, 5.41) is 0. The molecule has 1 fully saturated rings. The lowest BCUT2D eigenvalue weighted by Gasteiger charge is -1.96. The van der Waals surface area contributed by atoms with Crippen molar-refractivity contribution in [1.82, 2.24) is 0 Å². The summed E-state index contributed by atoms with van der Waals surface area (Å²) < 4.78 is 20.7. The van der Waals surface area contributed by atoms with Crippen LogP contribution in [0.25, 0.3) is 0 Å². The minimum Gasteiger partial charge on any atom is -0.384 e. The van der Waals surface area contributed by atoms with Crippen LogP contribution in [0.3, 0.4) is 0 Å². The average molecular weight is 164 g/mol. The van der Waals surface area contributed by atoms with E-state index < -0.39 is 10.8 Å². The van der Waals surface area contributed by atoms with Gasteiger partial charge in [0.2, 0.25) is 0 Å². The molecule has 0 amide bonds. The Balaban J connectivity index is 1.97. The van der Waals surface area contributed by atoms with Crippen molar-refractivity contribution in [3.05, 3.63) is 0 Å². The molecule has 0 aliphatic carbocycles. The summed E-state index contributed by atoms with van der Waals surface area (Å²) in [5.74, 6) is 1.32. The summed E-state index contributed by atoms with van der Waals surface area (Å²) in [6.07, 6.45) is 0.276. The maximum Gasteiger partial charge on any atom is 0.0924 e. The Bertz CT molecular complexity index is 122. The zero-order chi connectivity index (χ0) is 7.40. The highest BCUT2D eigenvalue weighted by Crippen LogP contribution is 2.09. The topological polar surface area (TPSA) is 38.8 Å². The lowest BCUT2D eigenvalue weighted by atomic mass is 10.6. The van der Waals surface area contributed by atoms with Crippen LogP contribution in [-0.4, -0.2) is 42.1 Å². The maximum absolute atomic E-state index is 11.0. The number of methoxy groups -OCH3 is 1. The Morgan fingerprint density at radius 3 is 3.00 bits per heavy atom. The van der Waals surface area contributed by atoms with E-state index in [2.05, 4.69) is 0 Å². The Labute approximate surface area is 63.2 Å². The Morgan fingerprint density at radius 1 is 1.80 bits per heavy atom. The second kappa shape index (κ2) is 4.05. The van der Waals surface area contributed by atoms with E-state index in [0.717, 1.165) is 6.61 Å². The first-order chi connectivity index (χ1) is 4.83. The first kappa shape index (κ1) is 8.17. The molecule has 1 aliphatic rings. The molecule has 1 saturated heterocycles. The summed E-state index contributed by atoms with van der Waals surface area (Å²) >= 11 is 0. The highest BCUT2D eigenvalue weighted by atomic mass is 32.2. The molecule has 1 heterocycles. The van der Waals surface area contributed by atoms with Crippen molar-refractivity contribution < 1.29 is 13.7 Å². The van der Waals surface area contributed by atoms with Gasteiger partial charge in [0.05, 0.1) is 25.1 Å². The molecule has 0 bridgehead atoms. The van der Waals surface area contributed by atoms with Crippen molar-refractivity contribution in [2.45, 2.75) is 6.10 Å². The van der Waals surface area contributed by atoms with Crippen LogP contribution in [0.5, 0.6) is 0 Å². The van der Waals surface area contributed by atoms with Crippen LogP contribution >= 0.6 is 0 Å². The quantitative estimate of drug-likeness (QED) is 0.527. The largest absolute Gasteiger partial charge is 0.384 e. The monoisotopic (exact) mass is 164 g/mol.